The van der Waals surface area contributed by atoms with Gasteiger partial charge in [0.15, 0.2) is 11.6 Å². The van der Waals surface area contributed by atoms with Crippen LogP contribution in [0.5, 0.6) is 5.75 Å². The van der Waals surface area contributed by atoms with E-state index in [1.54, 1.807) is 42.5 Å². The summed E-state index contributed by atoms with van der Waals surface area (Å²) in [6.45, 7) is 1.05. The molecule has 0 saturated carbocycles. The number of ether oxygens (including phenoxy) is 1. The van der Waals surface area contributed by atoms with E-state index in [4.69, 9.17) is 10.5 Å². The summed E-state index contributed by atoms with van der Waals surface area (Å²) in [6.07, 6.45) is 0.743. The molecule has 2 aromatic carbocycles. The lowest BCUT2D eigenvalue weighted by Gasteiger charge is -2.18. The molecule has 2 aromatic rings. The summed E-state index contributed by atoms with van der Waals surface area (Å²) in [4.78, 5) is 24.9. The zero-order valence-corrected chi connectivity index (χ0v) is 11.5. The quantitative estimate of drug-likeness (QED) is 0.744. The Bertz CT molecular complexity index is 722. The summed E-state index contributed by atoms with van der Waals surface area (Å²) in [5.74, 6) is 0.334. The van der Waals surface area contributed by atoms with Crippen molar-refractivity contribution in [1.82, 2.24) is 0 Å². The van der Waals surface area contributed by atoms with Gasteiger partial charge in [0.25, 0.3) is 0 Å². The van der Waals surface area contributed by atoms with Crippen molar-refractivity contribution in [2.45, 2.75) is 6.42 Å². The molecule has 0 fully saturated rings. The summed E-state index contributed by atoms with van der Waals surface area (Å²) < 4.78 is 5.54. The third-order valence-corrected chi connectivity index (χ3v) is 3.51. The Balaban J connectivity index is 1.99. The lowest BCUT2D eigenvalue weighted by atomic mass is 9.84. The van der Waals surface area contributed by atoms with Gasteiger partial charge in [-0.3, -0.25) is 9.59 Å². The van der Waals surface area contributed by atoms with Gasteiger partial charge in [0.1, 0.15) is 5.75 Å². The third kappa shape index (κ3) is 2.34. The largest absolute Gasteiger partial charge is 0.494 e. The fraction of sp³-hybridized carbons (Fsp3) is 0.176. The SMILES string of the molecule is NCCCOc1ccc2c(c1)C(=O)c1ccccc1C2=O. The maximum absolute atomic E-state index is 12.5. The smallest absolute Gasteiger partial charge is 0.194 e. The van der Waals surface area contributed by atoms with Gasteiger partial charge in [-0.2, -0.15) is 0 Å². The van der Waals surface area contributed by atoms with E-state index in [2.05, 4.69) is 0 Å². The number of carbonyl (C=O) groups excluding carboxylic acids is 2. The van der Waals surface area contributed by atoms with E-state index in [1.165, 1.54) is 0 Å². The topological polar surface area (TPSA) is 69.4 Å². The Morgan fingerprint density at radius 2 is 1.48 bits per heavy atom. The van der Waals surface area contributed by atoms with Gasteiger partial charge >= 0.3 is 0 Å². The first-order chi connectivity index (χ1) is 10.2. The van der Waals surface area contributed by atoms with Crippen LogP contribution < -0.4 is 10.5 Å². The molecule has 0 spiro atoms. The maximum atomic E-state index is 12.5. The summed E-state index contributed by atoms with van der Waals surface area (Å²) >= 11 is 0. The van der Waals surface area contributed by atoms with Crippen LogP contribution in [-0.2, 0) is 0 Å². The van der Waals surface area contributed by atoms with Gasteiger partial charge in [0, 0.05) is 22.3 Å². The summed E-state index contributed by atoms with van der Waals surface area (Å²) in [5, 5.41) is 0. The zero-order valence-electron chi connectivity index (χ0n) is 11.5. The first-order valence-corrected chi connectivity index (χ1v) is 6.87. The van der Waals surface area contributed by atoms with Crippen molar-refractivity contribution < 1.29 is 14.3 Å². The van der Waals surface area contributed by atoms with Crippen molar-refractivity contribution in [1.29, 1.82) is 0 Å². The molecule has 3 rings (SSSR count). The Morgan fingerprint density at radius 1 is 0.857 bits per heavy atom. The van der Waals surface area contributed by atoms with Crippen molar-refractivity contribution in [3.05, 3.63) is 64.7 Å². The second kappa shape index (κ2) is 5.50. The molecule has 4 heteroatoms. The number of nitrogens with two attached hydrogens (primary N) is 1. The van der Waals surface area contributed by atoms with Crippen molar-refractivity contribution >= 4 is 11.6 Å². The van der Waals surface area contributed by atoms with E-state index in [0.717, 1.165) is 6.42 Å². The highest BCUT2D eigenvalue weighted by Crippen LogP contribution is 2.29. The Morgan fingerprint density at radius 3 is 2.14 bits per heavy atom. The predicted octanol–water partition coefficient (Wildman–Crippen LogP) is 2.19. The van der Waals surface area contributed by atoms with Crippen LogP contribution in [0.1, 0.15) is 38.3 Å². The second-order valence-corrected chi connectivity index (χ2v) is 4.90. The molecular weight excluding hydrogens is 266 g/mol. The minimum atomic E-state index is -0.135. The first-order valence-electron chi connectivity index (χ1n) is 6.87. The van der Waals surface area contributed by atoms with Crippen LogP contribution in [0.15, 0.2) is 42.5 Å². The number of ketones is 2. The molecule has 2 N–H and O–H groups in total. The molecule has 0 heterocycles. The average Bonchev–Trinajstić information content (AvgIpc) is 2.53. The molecule has 0 amide bonds. The minimum Gasteiger partial charge on any atom is -0.494 e. The summed E-state index contributed by atoms with van der Waals surface area (Å²) in [7, 11) is 0. The standard InChI is InChI=1S/C17H15NO3/c18-8-3-9-21-11-6-7-14-15(10-11)17(20)13-5-2-1-4-12(13)16(14)19/h1-2,4-7,10H,3,8-9,18H2. The molecule has 0 bridgehead atoms. The van der Waals surface area contributed by atoms with Gasteiger partial charge in [-0.15, -0.1) is 0 Å². The van der Waals surface area contributed by atoms with E-state index in [-0.39, 0.29) is 11.6 Å². The summed E-state index contributed by atoms with van der Waals surface area (Å²) in [5.41, 5.74) is 7.18. The Hall–Kier alpha value is -2.46. The number of hydrogen-bond donors (Lipinski definition) is 1. The number of hydrogen-bond acceptors (Lipinski definition) is 4. The Kier molecular flexibility index (Phi) is 3.54. The molecule has 1 aliphatic rings. The minimum absolute atomic E-state index is 0.117. The molecule has 0 radical (unpaired) electrons. The van der Waals surface area contributed by atoms with Crippen LogP contribution in [0, 0.1) is 0 Å². The average molecular weight is 281 g/mol. The lowest BCUT2D eigenvalue weighted by Crippen LogP contribution is -2.20. The van der Waals surface area contributed by atoms with Gasteiger partial charge in [-0.05, 0) is 31.2 Å². The third-order valence-electron chi connectivity index (χ3n) is 3.51. The van der Waals surface area contributed by atoms with E-state index in [1.807, 2.05) is 0 Å². The molecular formula is C17H15NO3. The number of rotatable bonds is 4. The predicted molar refractivity (Wildman–Crippen MR) is 78.9 cm³/mol. The van der Waals surface area contributed by atoms with E-state index in [0.29, 0.717) is 41.2 Å². The van der Waals surface area contributed by atoms with Gasteiger partial charge in [0.2, 0.25) is 0 Å². The maximum Gasteiger partial charge on any atom is 0.194 e. The van der Waals surface area contributed by atoms with Crippen LogP contribution in [-0.4, -0.2) is 24.7 Å². The van der Waals surface area contributed by atoms with Crippen molar-refractivity contribution in [3.8, 4) is 5.75 Å². The molecule has 0 aliphatic heterocycles. The summed E-state index contributed by atoms with van der Waals surface area (Å²) in [6, 6.07) is 11.9. The lowest BCUT2D eigenvalue weighted by molar-refractivity contribution is 0.0978. The molecule has 4 nitrogen and oxygen atoms in total. The number of benzene rings is 2. The van der Waals surface area contributed by atoms with Crippen molar-refractivity contribution in [2.75, 3.05) is 13.2 Å². The first kappa shape index (κ1) is 13.5. The van der Waals surface area contributed by atoms with E-state index in [9.17, 15) is 9.59 Å². The molecule has 0 aromatic heterocycles. The molecule has 0 saturated heterocycles. The number of fused-ring (bicyclic) bond motifs is 2. The molecule has 0 unspecified atom stereocenters. The highest BCUT2D eigenvalue weighted by Gasteiger charge is 2.29. The van der Waals surface area contributed by atoms with Crippen molar-refractivity contribution in [3.63, 3.8) is 0 Å². The van der Waals surface area contributed by atoms with Gasteiger partial charge in [0.05, 0.1) is 6.61 Å². The van der Waals surface area contributed by atoms with Crippen LogP contribution >= 0.6 is 0 Å². The monoisotopic (exact) mass is 281 g/mol. The zero-order chi connectivity index (χ0) is 14.8. The highest BCUT2D eigenvalue weighted by molar-refractivity contribution is 6.28. The van der Waals surface area contributed by atoms with Crippen LogP contribution in [0.2, 0.25) is 0 Å². The number of carbonyl (C=O) groups is 2. The van der Waals surface area contributed by atoms with E-state index >= 15 is 0 Å². The van der Waals surface area contributed by atoms with Gasteiger partial charge in [-0.25, -0.2) is 0 Å². The molecule has 1 aliphatic carbocycles. The second-order valence-electron chi connectivity index (χ2n) is 4.90. The van der Waals surface area contributed by atoms with Gasteiger partial charge < -0.3 is 10.5 Å². The van der Waals surface area contributed by atoms with Gasteiger partial charge in [-0.1, -0.05) is 24.3 Å². The fourth-order valence-electron chi connectivity index (χ4n) is 2.44. The van der Waals surface area contributed by atoms with Crippen LogP contribution in [0.25, 0.3) is 0 Å². The van der Waals surface area contributed by atoms with Crippen molar-refractivity contribution in [2.24, 2.45) is 5.73 Å². The molecule has 106 valence electrons. The van der Waals surface area contributed by atoms with Crippen LogP contribution in [0.3, 0.4) is 0 Å². The molecule has 0 atom stereocenters. The van der Waals surface area contributed by atoms with E-state index < -0.39 is 0 Å². The fourth-order valence-corrected chi connectivity index (χ4v) is 2.44. The van der Waals surface area contributed by atoms with Crippen LogP contribution in [0.4, 0.5) is 0 Å². The highest BCUT2D eigenvalue weighted by atomic mass is 16.5. The molecule has 21 heavy (non-hydrogen) atoms. The Labute approximate surface area is 122 Å². The normalized spacial score (nSPS) is 12.8.